The fraction of sp³-hybridized carbons (Fsp3) is 0.333. The summed E-state index contributed by atoms with van der Waals surface area (Å²) in [5, 5.41) is 12.6. The quantitative estimate of drug-likeness (QED) is 0.929. The zero-order valence-electron chi connectivity index (χ0n) is 10.7. The Morgan fingerprint density at radius 1 is 1.57 bits per heavy atom. The van der Waals surface area contributed by atoms with Crippen molar-refractivity contribution < 1.29 is 27.8 Å². The van der Waals surface area contributed by atoms with Gasteiger partial charge in [0.1, 0.15) is 6.10 Å². The zero-order valence-corrected chi connectivity index (χ0v) is 11.4. The Morgan fingerprint density at radius 3 is 2.76 bits per heavy atom. The van der Waals surface area contributed by atoms with Crippen LogP contribution in [0.4, 0.5) is 13.2 Å². The lowest BCUT2D eigenvalue weighted by Gasteiger charge is -2.17. The number of ether oxygens (including phenoxy) is 1. The Balaban J connectivity index is 2.42. The molecule has 1 N–H and O–H groups in total. The first-order chi connectivity index (χ1) is 9.70. The number of carboxylic acids is 1. The number of hydrogen-bond acceptors (Lipinski definition) is 3. The van der Waals surface area contributed by atoms with Gasteiger partial charge in [0.2, 0.25) is 5.88 Å². The molecule has 21 heavy (non-hydrogen) atoms. The Morgan fingerprint density at radius 2 is 2.24 bits per heavy atom. The molecule has 0 spiro atoms. The van der Waals surface area contributed by atoms with Gasteiger partial charge >= 0.3 is 12.1 Å². The molecule has 1 heterocycles. The van der Waals surface area contributed by atoms with Crippen LogP contribution in [0.2, 0.25) is 0 Å². The molecule has 5 nitrogen and oxygen atoms in total. The molecule has 0 aromatic carbocycles. The molecule has 9 heteroatoms. The topological polar surface area (TPSA) is 64.4 Å². The molecule has 1 aromatic rings. The summed E-state index contributed by atoms with van der Waals surface area (Å²) in [4.78, 5) is 11.1. The largest absolute Gasteiger partial charge is 0.477 e. The van der Waals surface area contributed by atoms with Gasteiger partial charge in [0, 0.05) is 18.5 Å². The van der Waals surface area contributed by atoms with E-state index in [1.165, 1.54) is 13.1 Å². The van der Waals surface area contributed by atoms with Crippen LogP contribution < -0.4 is 4.74 Å². The Labute approximate surface area is 122 Å². The number of aryl methyl sites for hydroxylation is 1. The molecule has 0 radical (unpaired) electrons. The first-order valence-corrected chi connectivity index (χ1v) is 6.16. The van der Waals surface area contributed by atoms with Gasteiger partial charge in [0.05, 0.1) is 0 Å². The van der Waals surface area contributed by atoms with E-state index in [4.69, 9.17) is 21.4 Å². The molecule has 114 valence electrons. The molecule has 1 atom stereocenters. The number of nitrogens with zero attached hydrogens (tertiary/aromatic N) is 2. The van der Waals surface area contributed by atoms with Crippen LogP contribution in [0.15, 0.2) is 23.3 Å². The second-order valence-corrected chi connectivity index (χ2v) is 4.74. The standard InChI is InChI=1S/C12H10ClF3N2O3/c1-18-10(21-7-4-2-3-6(13)5-7)8(11(19)20)9(17-18)12(14,15)16/h2-3,5,7H,4H2,1H3,(H,19,20). The lowest BCUT2D eigenvalue weighted by atomic mass is 10.1. The first kappa shape index (κ1) is 15.4. The molecule has 1 aliphatic rings. The number of alkyl halides is 3. The van der Waals surface area contributed by atoms with Crippen molar-refractivity contribution in [2.24, 2.45) is 7.05 Å². The molecule has 1 aromatic heterocycles. The molecule has 2 rings (SSSR count). The van der Waals surface area contributed by atoms with Gasteiger partial charge in [-0.1, -0.05) is 17.7 Å². The van der Waals surface area contributed by atoms with E-state index in [2.05, 4.69) is 5.10 Å². The second kappa shape index (κ2) is 5.44. The van der Waals surface area contributed by atoms with Crippen LogP contribution >= 0.6 is 11.6 Å². The van der Waals surface area contributed by atoms with Crippen LogP contribution in [0, 0.1) is 0 Å². The van der Waals surface area contributed by atoms with E-state index in [1.807, 2.05) is 0 Å². The number of allylic oxidation sites excluding steroid dienone is 2. The molecule has 0 saturated carbocycles. The van der Waals surface area contributed by atoms with Gasteiger partial charge in [-0.2, -0.15) is 18.3 Å². The summed E-state index contributed by atoms with van der Waals surface area (Å²) in [7, 11) is 1.18. The molecule has 0 amide bonds. The van der Waals surface area contributed by atoms with Crippen molar-refractivity contribution in [1.82, 2.24) is 9.78 Å². The molecule has 0 bridgehead atoms. The third kappa shape index (κ3) is 3.21. The molecule has 0 aliphatic heterocycles. The van der Waals surface area contributed by atoms with Crippen molar-refractivity contribution >= 4 is 17.6 Å². The number of halogens is 4. The summed E-state index contributed by atoms with van der Waals surface area (Å²) < 4.78 is 44.5. The maximum atomic E-state index is 12.8. The highest BCUT2D eigenvalue weighted by atomic mass is 35.5. The van der Waals surface area contributed by atoms with Gasteiger partial charge in [0.25, 0.3) is 0 Å². The van der Waals surface area contributed by atoms with Gasteiger partial charge in [-0.3, -0.25) is 0 Å². The van der Waals surface area contributed by atoms with Gasteiger partial charge in [-0.05, 0) is 12.2 Å². The highest BCUT2D eigenvalue weighted by Gasteiger charge is 2.42. The van der Waals surface area contributed by atoms with E-state index in [9.17, 15) is 18.0 Å². The van der Waals surface area contributed by atoms with Crippen LogP contribution in [-0.4, -0.2) is 27.0 Å². The van der Waals surface area contributed by atoms with Crippen LogP contribution in [0.1, 0.15) is 22.5 Å². The van der Waals surface area contributed by atoms with Crippen LogP contribution in [0.5, 0.6) is 5.88 Å². The Kier molecular flexibility index (Phi) is 3.99. The van der Waals surface area contributed by atoms with Crippen molar-refractivity contribution in [1.29, 1.82) is 0 Å². The minimum atomic E-state index is -4.88. The molecular weight excluding hydrogens is 313 g/mol. The number of hydrogen-bond donors (Lipinski definition) is 1. The maximum Gasteiger partial charge on any atom is 0.436 e. The third-order valence-corrected chi connectivity index (χ3v) is 2.98. The molecular formula is C12H10ClF3N2O3. The highest BCUT2D eigenvalue weighted by molar-refractivity contribution is 6.31. The molecule has 1 aliphatic carbocycles. The monoisotopic (exact) mass is 322 g/mol. The lowest BCUT2D eigenvalue weighted by Crippen LogP contribution is -2.18. The van der Waals surface area contributed by atoms with Crippen molar-refractivity contribution in [3.05, 3.63) is 34.5 Å². The van der Waals surface area contributed by atoms with E-state index < -0.39 is 35.4 Å². The zero-order chi connectivity index (χ0) is 15.8. The van der Waals surface area contributed by atoms with Crippen molar-refractivity contribution in [3.63, 3.8) is 0 Å². The average Bonchev–Trinajstić information content (AvgIpc) is 2.67. The normalized spacial score (nSPS) is 18.5. The number of aromatic carboxylic acids is 1. The SMILES string of the molecule is Cn1nc(C(F)(F)F)c(C(=O)O)c1OC1C=C(Cl)C=CC1. The maximum absolute atomic E-state index is 12.8. The van der Waals surface area contributed by atoms with Gasteiger partial charge in [-0.15, -0.1) is 0 Å². The minimum Gasteiger partial charge on any atom is -0.477 e. The first-order valence-electron chi connectivity index (χ1n) is 5.78. The summed E-state index contributed by atoms with van der Waals surface area (Å²) in [6.07, 6.45) is -0.405. The Hall–Kier alpha value is -1.96. The van der Waals surface area contributed by atoms with Crippen molar-refractivity contribution in [3.8, 4) is 5.88 Å². The predicted octanol–water partition coefficient (Wildman–Crippen LogP) is 2.97. The molecule has 0 fully saturated rings. The smallest absolute Gasteiger partial charge is 0.436 e. The van der Waals surface area contributed by atoms with Crippen LogP contribution in [-0.2, 0) is 13.2 Å². The molecule has 1 unspecified atom stereocenters. The fourth-order valence-electron chi connectivity index (χ4n) is 1.88. The number of carbonyl (C=O) groups is 1. The van der Waals surface area contributed by atoms with E-state index in [-0.39, 0.29) is 0 Å². The number of carboxylic acid groups (broad SMARTS) is 1. The average molecular weight is 323 g/mol. The minimum absolute atomic E-state index is 0.362. The van der Waals surface area contributed by atoms with E-state index in [1.54, 1.807) is 12.2 Å². The molecule has 0 saturated heterocycles. The third-order valence-electron chi connectivity index (χ3n) is 2.73. The summed E-state index contributed by atoms with van der Waals surface area (Å²) in [5.41, 5.74) is -2.50. The second-order valence-electron chi connectivity index (χ2n) is 4.30. The van der Waals surface area contributed by atoms with E-state index in [0.717, 1.165) is 4.68 Å². The van der Waals surface area contributed by atoms with Crippen molar-refractivity contribution in [2.45, 2.75) is 18.7 Å². The predicted molar refractivity (Wildman–Crippen MR) is 67.3 cm³/mol. The van der Waals surface area contributed by atoms with Crippen LogP contribution in [0.3, 0.4) is 0 Å². The van der Waals surface area contributed by atoms with Crippen LogP contribution in [0.25, 0.3) is 0 Å². The fourth-order valence-corrected chi connectivity index (χ4v) is 2.11. The Bertz CT molecular complexity index is 634. The number of aromatic nitrogens is 2. The summed E-state index contributed by atoms with van der Waals surface area (Å²) >= 11 is 5.77. The summed E-state index contributed by atoms with van der Waals surface area (Å²) in [5.74, 6) is -2.22. The highest BCUT2D eigenvalue weighted by Crippen LogP contribution is 2.36. The van der Waals surface area contributed by atoms with Gasteiger partial charge in [0.15, 0.2) is 11.3 Å². The summed E-state index contributed by atoms with van der Waals surface area (Å²) in [6, 6.07) is 0. The van der Waals surface area contributed by atoms with Gasteiger partial charge in [-0.25, -0.2) is 9.48 Å². The number of rotatable bonds is 3. The van der Waals surface area contributed by atoms with E-state index >= 15 is 0 Å². The van der Waals surface area contributed by atoms with Crippen molar-refractivity contribution in [2.75, 3.05) is 0 Å². The summed E-state index contributed by atoms with van der Waals surface area (Å²) in [6.45, 7) is 0. The lowest BCUT2D eigenvalue weighted by molar-refractivity contribution is -0.142. The van der Waals surface area contributed by atoms with E-state index in [0.29, 0.717) is 11.5 Å². The van der Waals surface area contributed by atoms with Gasteiger partial charge < -0.3 is 9.84 Å².